The standard InChI is InChI=1S/C14H25N5O/c1-4-7-20-14-8-13(16-11-17-14)15-9-12-10-18(2)5-6-19(12)3/h8,11-12H,4-7,9-10H2,1-3H3,(H,15,16,17). The largest absolute Gasteiger partial charge is 0.478 e. The highest BCUT2D eigenvalue weighted by Crippen LogP contribution is 2.12. The fourth-order valence-corrected chi connectivity index (χ4v) is 2.27. The van der Waals surface area contributed by atoms with Crippen molar-refractivity contribution < 1.29 is 4.74 Å². The van der Waals surface area contributed by atoms with E-state index in [2.05, 4.69) is 46.1 Å². The maximum atomic E-state index is 5.52. The van der Waals surface area contributed by atoms with Gasteiger partial charge in [0.1, 0.15) is 12.1 Å². The van der Waals surface area contributed by atoms with Crippen LogP contribution in [0.25, 0.3) is 0 Å². The summed E-state index contributed by atoms with van der Waals surface area (Å²) in [5, 5.41) is 3.38. The molecule has 6 heteroatoms. The number of hydrogen-bond donors (Lipinski definition) is 1. The fraction of sp³-hybridized carbons (Fsp3) is 0.714. The van der Waals surface area contributed by atoms with Gasteiger partial charge < -0.3 is 15.0 Å². The summed E-state index contributed by atoms with van der Waals surface area (Å²) in [6.07, 6.45) is 2.52. The molecule has 0 aliphatic carbocycles. The average molecular weight is 279 g/mol. The van der Waals surface area contributed by atoms with E-state index in [4.69, 9.17) is 4.74 Å². The van der Waals surface area contributed by atoms with E-state index >= 15 is 0 Å². The van der Waals surface area contributed by atoms with Crippen molar-refractivity contribution in [3.8, 4) is 5.88 Å². The highest BCUT2D eigenvalue weighted by atomic mass is 16.5. The van der Waals surface area contributed by atoms with Gasteiger partial charge in [-0.05, 0) is 20.5 Å². The maximum absolute atomic E-state index is 5.52. The Bertz CT molecular complexity index is 414. The maximum Gasteiger partial charge on any atom is 0.218 e. The molecule has 2 heterocycles. The first-order valence-electron chi connectivity index (χ1n) is 7.26. The zero-order valence-electron chi connectivity index (χ0n) is 12.7. The van der Waals surface area contributed by atoms with Crippen LogP contribution in [-0.4, -0.2) is 72.7 Å². The lowest BCUT2D eigenvalue weighted by molar-refractivity contribution is 0.122. The van der Waals surface area contributed by atoms with E-state index in [-0.39, 0.29) is 0 Å². The Kier molecular flexibility index (Phi) is 5.55. The lowest BCUT2D eigenvalue weighted by Gasteiger charge is -2.37. The summed E-state index contributed by atoms with van der Waals surface area (Å²) in [6, 6.07) is 2.37. The van der Waals surface area contributed by atoms with Gasteiger partial charge in [0.25, 0.3) is 0 Å². The first-order valence-corrected chi connectivity index (χ1v) is 7.26. The van der Waals surface area contributed by atoms with Gasteiger partial charge >= 0.3 is 0 Å². The second-order valence-corrected chi connectivity index (χ2v) is 5.37. The highest BCUT2D eigenvalue weighted by molar-refractivity contribution is 5.37. The molecule has 1 aromatic rings. The molecule has 1 N–H and O–H groups in total. The summed E-state index contributed by atoms with van der Waals surface area (Å²) in [6.45, 7) is 6.97. The van der Waals surface area contributed by atoms with E-state index in [0.717, 1.165) is 38.4 Å². The van der Waals surface area contributed by atoms with Crippen LogP contribution >= 0.6 is 0 Å². The van der Waals surface area contributed by atoms with Crippen LogP contribution in [0.5, 0.6) is 5.88 Å². The normalized spacial score (nSPS) is 20.9. The van der Waals surface area contributed by atoms with Crippen LogP contribution in [0.2, 0.25) is 0 Å². The van der Waals surface area contributed by atoms with Crippen LogP contribution < -0.4 is 10.1 Å². The lowest BCUT2D eigenvalue weighted by atomic mass is 10.2. The predicted octanol–water partition coefficient (Wildman–Crippen LogP) is 0.923. The average Bonchev–Trinajstić information content (AvgIpc) is 2.46. The number of nitrogens with one attached hydrogen (secondary N) is 1. The molecule has 1 aliphatic rings. The molecule has 1 aromatic heterocycles. The minimum atomic E-state index is 0.503. The topological polar surface area (TPSA) is 53.5 Å². The van der Waals surface area contributed by atoms with Crippen molar-refractivity contribution in [1.82, 2.24) is 19.8 Å². The zero-order valence-corrected chi connectivity index (χ0v) is 12.7. The van der Waals surface area contributed by atoms with Crippen LogP contribution in [0.15, 0.2) is 12.4 Å². The summed E-state index contributed by atoms with van der Waals surface area (Å²) in [7, 11) is 4.34. The Morgan fingerprint density at radius 3 is 3.00 bits per heavy atom. The summed E-state index contributed by atoms with van der Waals surface area (Å²) in [4.78, 5) is 13.1. The number of ether oxygens (including phenoxy) is 1. The van der Waals surface area contributed by atoms with Crippen LogP contribution in [0, 0.1) is 0 Å². The smallest absolute Gasteiger partial charge is 0.218 e. The van der Waals surface area contributed by atoms with Gasteiger partial charge in [0, 0.05) is 38.3 Å². The Hall–Kier alpha value is -1.40. The molecule has 112 valence electrons. The first-order chi connectivity index (χ1) is 9.69. The first kappa shape index (κ1) is 15.0. The number of nitrogens with zero attached hydrogens (tertiary/aromatic N) is 4. The summed E-state index contributed by atoms with van der Waals surface area (Å²) < 4.78 is 5.52. The van der Waals surface area contributed by atoms with Gasteiger partial charge in [-0.25, -0.2) is 9.97 Å². The molecule has 1 unspecified atom stereocenters. The molecule has 1 saturated heterocycles. The molecule has 0 amide bonds. The van der Waals surface area contributed by atoms with Crippen molar-refractivity contribution in [3.05, 3.63) is 12.4 Å². The van der Waals surface area contributed by atoms with Crippen molar-refractivity contribution in [3.63, 3.8) is 0 Å². The second-order valence-electron chi connectivity index (χ2n) is 5.37. The van der Waals surface area contributed by atoms with E-state index < -0.39 is 0 Å². The zero-order chi connectivity index (χ0) is 14.4. The summed E-state index contributed by atoms with van der Waals surface area (Å²) in [5.74, 6) is 1.46. The SMILES string of the molecule is CCCOc1cc(NCC2CN(C)CCN2C)ncn1. The number of rotatable bonds is 6. The van der Waals surface area contributed by atoms with Crippen LogP contribution in [0.1, 0.15) is 13.3 Å². The monoisotopic (exact) mass is 279 g/mol. The minimum Gasteiger partial charge on any atom is -0.478 e. The third-order valence-electron chi connectivity index (χ3n) is 3.60. The molecule has 6 nitrogen and oxygen atoms in total. The Labute approximate surface area is 121 Å². The van der Waals surface area contributed by atoms with Gasteiger partial charge in [-0.1, -0.05) is 6.92 Å². The van der Waals surface area contributed by atoms with Gasteiger partial charge in [-0.3, -0.25) is 4.90 Å². The van der Waals surface area contributed by atoms with Crippen LogP contribution in [0.3, 0.4) is 0 Å². The third kappa shape index (κ3) is 4.31. The van der Waals surface area contributed by atoms with Crippen molar-refractivity contribution >= 4 is 5.82 Å². The van der Waals surface area contributed by atoms with Crippen molar-refractivity contribution in [1.29, 1.82) is 0 Å². The Morgan fingerprint density at radius 1 is 1.35 bits per heavy atom. The van der Waals surface area contributed by atoms with Crippen molar-refractivity contribution in [2.75, 3.05) is 52.2 Å². The number of likely N-dealkylation sites (N-methyl/N-ethyl adjacent to an activating group) is 2. The third-order valence-corrected chi connectivity index (χ3v) is 3.60. The van der Waals surface area contributed by atoms with Gasteiger partial charge in [-0.15, -0.1) is 0 Å². The van der Waals surface area contributed by atoms with E-state index in [1.165, 1.54) is 0 Å². The highest BCUT2D eigenvalue weighted by Gasteiger charge is 2.21. The molecular weight excluding hydrogens is 254 g/mol. The Balaban J connectivity index is 1.86. The minimum absolute atomic E-state index is 0.503. The molecule has 1 aliphatic heterocycles. The van der Waals surface area contributed by atoms with Crippen LogP contribution in [-0.2, 0) is 0 Å². The van der Waals surface area contributed by atoms with Crippen molar-refractivity contribution in [2.24, 2.45) is 0 Å². The number of aromatic nitrogens is 2. The molecule has 20 heavy (non-hydrogen) atoms. The van der Waals surface area contributed by atoms with Gasteiger partial charge in [0.05, 0.1) is 6.61 Å². The summed E-state index contributed by atoms with van der Waals surface area (Å²) >= 11 is 0. The molecule has 0 radical (unpaired) electrons. The molecule has 0 spiro atoms. The number of piperazine rings is 1. The number of hydrogen-bond acceptors (Lipinski definition) is 6. The molecule has 2 rings (SSSR count). The van der Waals surface area contributed by atoms with Gasteiger partial charge in [-0.2, -0.15) is 0 Å². The van der Waals surface area contributed by atoms with E-state index in [9.17, 15) is 0 Å². The second kappa shape index (κ2) is 7.40. The fourth-order valence-electron chi connectivity index (χ4n) is 2.27. The van der Waals surface area contributed by atoms with Crippen LogP contribution in [0.4, 0.5) is 5.82 Å². The Morgan fingerprint density at radius 2 is 2.20 bits per heavy atom. The van der Waals surface area contributed by atoms with E-state index in [0.29, 0.717) is 18.5 Å². The van der Waals surface area contributed by atoms with Gasteiger partial charge in [0.15, 0.2) is 0 Å². The predicted molar refractivity (Wildman–Crippen MR) is 80.2 cm³/mol. The molecule has 0 aromatic carbocycles. The lowest BCUT2D eigenvalue weighted by Crippen LogP contribution is -2.52. The quantitative estimate of drug-likeness (QED) is 0.836. The summed E-state index contributed by atoms with van der Waals surface area (Å²) in [5.41, 5.74) is 0. The number of anilines is 1. The van der Waals surface area contributed by atoms with Gasteiger partial charge in [0.2, 0.25) is 5.88 Å². The molecular formula is C14H25N5O. The van der Waals surface area contributed by atoms with E-state index in [1.54, 1.807) is 6.33 Å². The molecule has 0 bridgehead atoms. The van der Waals surface area contributed by atoms with E-state index in [1.807, 2.05) is 6.07 Å². The molecule has 0 saturated carbocycles. The van der Waals surface area contributed by atoms with Crippen molar-refractivity contribution in [2.45, 2.75) is 19.4 Å². The molecule has 1 atom stereocenters. The molecule has 1 fully saturated rings.